The number of piperidine rings is 1. The highest BCUT2D eigenvalue weighted by Crippen LogP contribution is 2.41. The van der Waals surface area contributed by atoms with Crippen molar-refractivity contribution in [1.82, 2.24) is 5.32 Å². The van der Waals surface area contributed by atoms with E-state index >= 15 is 0 Å². The second-order valence-electron chi connectivity index (χ2n) is 4.51. The highest BCUT2D eigenvalue weighted by Gasteiger charge is 2.28. The number of hydrogen-bond acceptors (Lipinski definition) is 3. The van der Waals surface area contributed by atoms with Gasteiger partial charge in [-0.05, 0) is 44.0 Å². The first-order valence-electron chi connectivity index (χ1n) is 6.05. The summed E-state index contributed by atoms with van der Waals surface area (Å²) in [4.78, 5) is 0. The van der Waals surface area contributed by atoms with Gasteiger partial charge >= 0.3 is 0 Å². The molecule has 2 rings (SSSR count). The van der Waals surface area contributed by atoms with Crippen molar-refractivity contribution in [1.29, 1.82) is 0 Å². The molecule has 1 aliphatic heterocycles. The van der Waals surface area contributed by atoms with Crippen molar-refractivity contribution in [3.63, 3.8) is 0 Å². The highest BCUT2D eigenvalue weighted by atomic mass is 35.5. The van der Waals surface area contributed by atoms with E-state index < -0.39 is 6.10 Å². The third-order valence-corrected chi connectivity index (χ3v) is 4.26. The van der Waals surface area contributed by atoms with Crippen LogP contribution >= 0.6 is 23.2 Å². The molecule has 100 valence electrons. The Bertz CT molecular complexity index is 420. The van der Waals surface area contributed by atoms with Crippen LogP contribution in [0, 0.1) is 5.92 Å². The molecular weight excluding hydrogens is 273 g/mol. The zero-order chi connectivity index (χ0) is 13.1. The van der Waals surface area contributed by atoms with Crippen LogP contribution in [-0.4, -0.2) is 25.3 Å². The molecule has 0 aliphatic carbocycles. The van der Waals surface area contributed by atoms with Crippen LogP contribution in [0.25, 0.3) is 0 Å². The van der Waals surface area contributed by atoms with Gasteiger partial charge in [0.1, 0.15) is 5.75 Å². The molecule has 1 unspecified atom stereocenters. The molecule has 1 atom stereocenters. The Morgan fingerprint density at radius 2 is 2.00 bits per heavy atom. The summed E-state index contributed by atoms with van der Waals surface area (Å²) in [6.07, 6.45) is 1.22. The second kappa shape index (κ2) is 6.11. The number of methoxy groups -OCH3 is 1. The molecule has 5 heteroatoms. The van der Waals surface area contributed by atoms with Crippen LogP contribution in [-0.2, 0) is 0 Å². The van der Waals surface area contributed by atoms with Crippen molar-refractivity contribution in [2.75, 3.05) is 20.2 Å². The Kier molecular flexibility index (Phi) is 4.73. The van der Waals surface area contributed by atoms with Gasteiger partial charge in [-0.25, -0.2) is 0 Å². The Labute approximate surface area is 117 Å². The van der Waals surface area contributed by atoms with Crippen molar-refractivity contribution in [2.45, 2.75) is 18.9 Å². The predicted octanol–water partition coefficient (Wildman–Crippen LogP) is 3.04. The number of ether oxygens (including phenoxy) is 1. The van der Waals surface area contributed by atoms with E-state index in [1.165, 1.54) is 0 Å². The summed E-state index contributed by atoms with van der Waals surface area (Å²) in [7, 11) is 1.57. The van der Waals surface area contributed by atoms with E-state index in [1.807, 2.05) is 0 Å². The summed E-state index contributed by atoms with van der Waals surface area (Å²) in [5.41, 5.74) is 0.610. The van der Waals surface area contributed by atoms with Gasteiger partial charge < -0.3 is 15.2 Å². The maximum absolute atomic E-state index is 10.5. The molecule has 1 saturated heterocycles. The van der Waals surface area contributed by atoms with E-state index in [1.54, 1.807) is 19.2 Å². The number of halogens is 2. The van der Waals surface area contributed by atoms with Gasteiger partial charge in [0.2, 0.25) is 0 Å². The molecule has 0 radical (unpaired) electrons. The topological polar surface area (TPSA) is 41.5 Å². The van der Waals surface area contributed by atoms with Gasteiger partial charge in [-0.2, -0.15) is 0 Å². The average Bonchev–Trinajstić information content (AvgIpc) is 2.42. The van der Waals surface area contributed by atoms with E-state index in [0.29, 0.717) is 21.4 Å². The van der Waals surface area contributed by atoms with Crippen LogP contribution in [0.2, 0.25) is 10.0 Å². The highest BCUT2D eigenvalue weighted by molar-refractivity contribution is 6.42. The Balaban J connectivity index is 2.32. The third kappa shape index (κ3) is 2.75. The number of rotatable bonds is 3. The first kappa shape index (κ1) is 13.9. The lowest BCUT2D eigenvalue weighted by Gasteiger charge is -2.29. The average molecular weight is 290 g/mol. The van der Waals surface area contributed by atoms with E-state index in [-0.39, 0.29) is 5.92 Å². The molecule has 1 aromatic carbocycles. The Hall–Kier alpha value is -0.480. The maximum atomic E-state index is 10.5. The van der Waals surface area contributed by atoms with Gasteiger partial charge in [0.25, 0.3) is 0 Å². The fourth-order valence-electron chi connectivity index (χ4n) is 2.40. The Morgan fingerprint density at radius 1 is 1.33 bits per heavy atom. The monoisotopic (exact) mass is 289 g/mol. The summed E-state index contributed by atoms with van der Waals surface area (Å²) >= 11 is 12.2. The van der Waals surface area contributed by atoms with Gasteiger partial charge in [-0.15, -0.1) is 0 Å². The van der Waals surface area contributed by atoms with E-state index in [9.17, 15) is 5.11 Å². The lowest BCUT2D eigenvalue weighted by Crippen LogP contribution is -2.31. The summed E-state index contributed by atoms with van der Waals surface area (Å²) in [5.74, 6) is 0.784. The molecule has 0 saturated carbocycles. The standard InChI is InChI=1S/C13H17Cl2NO2/c1-18-10-3-2-9(14)12(15)11(10)13(17)8-4-6-16-7-5-8/h2-3,8,13,16-17H,4-7H2,1H3. The molecule has 1 fully saturated rings. The van der Waals surface area contributed by atoms with Crippen molar-refractivity contribution in [2.24, 2.45) is 5.92 Å². The lowest BCUT2D eigenvalue weighted by molar-refractivity contribution is 0.0866. The molecule has 0 bridgehead atoms. The fourth-order valence-corrected chi connectivity index (χ4v) is 2.83. The van der Waals surface area contributed by atoms with Crippen LogP contribution < -0.4 is 10.1 Å². The maximum Gasteiger partial charge on any atom is 0.126 e. The van der Waals surface area contributed by atoms with Gasteiger partial charge in [0.05, 0.1) is 23.3 Å². The molecule has 18 heavy (non-hydrogen) atoms. The van der Waals surface area contributed by atoms with Gasteiger partial charge in [0.15, 0.2) is 0 Å². The molecule has 0 spiro atoms. The van der Waals surface area contributed by atoms with E-state index in [0.717, 1.165) is 25.9 Å². The van der Waals surface area contributed by atoms with Crippen LogP contribution in [0.5, 0.6) is 5.75 Å². The van der Waals surface area contributed by atoms with Gasteiger partial charge in [-0.3, -0.25) is 0 Å². The quantitative estimate of drug-likeness (QED) is 0.899. The first-order valence-corrected chi connectivity index (χ1v) is 6.81. The molecule has 1 aliphatic rings. The zero-order valence-electron chi connectivity index (χ0n) is 10.2. The summed E-state index contributed by atoms with van der Waals surface area (Å²) in [5, 5.41) is 14.6. The van der Waals surface area contributed by atoms with Crippen molar-refractivity contribution in [3.8, 4) is 5.75 Å². The normalized spacial score (nSPS) is 18.7. The third-order valence-electron chi connectivity index (χ3n) is 3.44. The van der Waals surface area contributed by atoms with Crippen LogP contribution in [0.15, 0.2) is 12.1 Å². The van der Waals surface area contributed by atoms with Crippen LogP contribution in [0.4, 0.5) is 0 Å². The van der Waals surface area contributed by atoms with Crippen LogP contribution in [0.3, 0.4) is 0 Å². The number of aliphatic hydroxyl groups is 1. The first-order chi connectivity index (χ1) is 8.65. The van der Waals surface area contributed by atoms with E-state index in [4.69, 9.17) is 27.9 Å². The number of aliphatic hydroxyl groups excluding tert-OH is 1. The largest absolute Gasteiger partial charge is 0.496 e. The fraction of sp³-hybridized carbons (Fsp3) is 0.538. The molecular formula is C13H17Cl2NO2. The summed E-state index contributed by atoms with van der Waals surface area (Å²) in [6, 6.07) is 3.43. The smallest absolute Gasteiger partial charge is 0.126 e. The lowest BCUT2D eigenvalue weighted by atomic mass is 9.87. The molecule has 0 aromatic heterocycles. The minimum atomic E-state index is -0.631. The van der Waals surface area contributed by atoms with Crippen molar-refractivity contribution >= 4 is 23.2 Å². The second-order valence-corrected chi connectivity index (χ2v) is 5.29. The predicted molar refractivity (Wildman–Crippen MR) is 73.6 cm³/mol. The van der Waals surface area contributed by atoms with Crippen molar-refractivity contribution in [3.05, 3.63) is 27.7 Å². The van der Waals surface area contributed by atoms with Crippen LogP contribution in [0.1, 0.15) is 24.5 Å². The summed E-state index contributed by atoms with van der Waals surface area (Å²) in [6.45, 7) is 1.84. The summed E-state index contributed by atoms with van der Waals surface area (Å²) < 4.78 is 5.27. The van der Waals surface area contributed by atoms with Gasteiger partial charge in [-0.1, -0.05) is 23.2 Å². The molecule has 1 aromatic rings. The number of nitrogens with one attached hydrogen (secondary N) is 1. The van der Waals surface area contributed by atoms with E-state index in [2.05, 4.69) is 5.32 Å². The molecule has 0 amide bonds. The minimum Gasteiger partial charge on any atom is -0.496 e. The molecule has 3 nitrogen and oxygen atoms in total. The molecule has 2 N–H and O–H groups in total. The van der Waals surface area contributed by atoms with Gasteiger partial charge in [0, 0.05) is 5.56 Å². The SMILES string of the molecule is COc1ccc(Cl)c(Cl)c1C(O)C1CCNCC1. The Morgan fingerprint density at radius 3 is 2.61 bits per heavy atom. The number of benzene rings is 1. The molecule has 1 heterocycles. The minimum absolute atomic E-state index is 0.191. The number of hydrogen-bond donors (Lipinski definition) is 2. The zero-order valence-corrected chi connectivity index (χ0v) is 11.8. The van der Waals surface area contributed by atoms with Crippen molar-refractivity contribution < 1.29 is 9.84 Å².